The summed E-state index contributed by atoms with van der Waals surface area (Å²) in [6, 6.07) is 7.62. The first-order valence-electron chi connectivity index (χ1n) is 5.56. The number of nitrogens with zero attached hydrogens (tertiary/aromatic N) is 1. The van der Waals surface area contributed by atoms with E-state index in [0.717, 1.165) is 16.6 Å². The van der Waals surface area contributed by atoms with Crippen LogP contribution in [0, 0.1) is 0 Å². The Kier molecular flexibility index (Phi) is 2.82. The lowest BCUT2D eigenvalue weighted by Gasteiger charge is -2.04. The van der Waals surface area contributed by atoms with Crippen LogP contribution in [0.1, 0.15) is 16.1 Å². The summed E-state index contributed by atoms with van der Waals surface area (Å²) >= 11 is 1.52. The molecule has 4 nitrogen and oxygen atoms in total. The molecule has 5 heteroatoms. The molecular formula is C13H11N3OS. The van der Waals surface area contributed by atoms with E-state index in [0.29, 0.717) is 12.1 Å². The van der Waals surface area contributed by atoms with E-state index in [9.17, 15) is 4.79 Å². The lowest BCUT2D eigenvalue weighted by Crippen LogP contribution is -2.23. The number of aromatic amines is 1. The van der Waals surface area contributed by atoms with Gasteiger partial charge in [0.05, 0.1) is 28.8 Å². The third-order valence-corrected chi connectivity index (χ3v) is 3.38. The van der Waals surface area contributed by atoms with Crippen LogP contribution in [0.25, 0.3) is 10.9 Å². The quantitative estimate of drug-likeness (QED) is 0.757. The van der Waals surface area contributed by atoms with Gasteiger partial charge in [0.25, 0.3) is 5.91 Å². The first-order chi connectivity index (χ1) is 8.84. The van der Waals surface area contributed by atoms with Crippen molar-refractivity contribution < 1.29 is 4.79 Å². The summed E-state index contributed by atoms with van der Waals surface area (Å²) in [5.74, 6) is -0.0870. The molecule has 2 aromatic heterocycles. The lowest BCUT2D eigenvalue weighted by molar-refractivity contribution is 0.0952. The summed E-state index contributed by atoms with van der Waals surface area (Å²) in [6.07, 6.45) is 1.84. The molecular weight excluding hydrogens is 246 g/mol. The van der Waals surface area contributed by atoms with Gasteiger partial charge in [0, 0.05) is 17.0 Å². The van der Waals surface area contributed by atoms with Gasteiger partial charge < -0.3 is 10.3 Å². The monoisotopic (exact) mass is 257 g/mol. The van der Waals surface area contributed by atoms with E-state index < -0.39 is 0 Å². The van der Waals surface area contributed by atoms with Gasteiger partial charge in [0.15, 0.2) is 0 Å². The van der Waals surface area contributed by atoms with E-state index in [1.165, 1.54) is 11.3 Å². The normalized spacial score (nSPS) is 10.7. The molecule has 0 fully saturated rings. The number of hydrogen-bond acceptors (Lipinski definition) is 3. The number of rotatable bonds is 3. The number of benzene rings is 1. The number of aromatic nitrogens is 2. The number of carbonyl (C=O) groups excluding carboxylic acids is 1. The highest BCUT2D eigenvalue weighted by Crippen LogP contribution is 2.16. The zero-order chi connectivity index (χ0) is 12.4. The summed E-state index contributed by atoms with van der Waals surface area (Å²) in [5, 5.41) is 5.83. The van der Waals surface area contributed by atoms with Crippen molar-refractivity contribution in [3.8, 4) is 0 Å². The van der Waals surface area contributed by atoms with Crippen molar-refractivity contribution in [2.75, 3.05) is 0 Å². The van der Waals surface area contributed by atoms with Crippen molar-refractivity contribution >= 4 is 28.1 Å². The zero-order valence-corrected chi connectivity index (χ0v) is 10.3. The Labute approximate surface area is 108 Å². The SMILES string of the molecule is O=C(NCc1cscn1)c1cccc2cc[nH]c12. The van der Waals surface area contributed by atoms with E-state index >= 15 is 0 Å². The number of thiazole rings is 1. The Morgan fingerprint density at radius 3 is 3.17 bits per heavy atom. The molecule has 2 N–H and O–H groups in total. The number of nitrogens with one attached hydrogen (secondary N) is 2. The van der Waals surface area contributed by atoms with E-state index in [1.54, 1.807) is 5.51 Å². The largest absolute Gasteiger partial charge is 0.361 e. The van der Waals surface area contributed by atoms with E-state index in [4.69, 9.17) is 0 Å². The van der Waals surface area contributed by atoms with E-state index in [2.05, 4.69) is 15.3 Å². The average molecular weight is 257 g/mol. The molecule has 2 heterocycles. The molecule has 90 valence electrons. The molecule has 3 rings (SSSR count). The highest BCUT2D eigenvalue weighted by molar-refractivity contribution is 7.07. The summed E-state index contributed by atoms with van der Waals surface area (Å²) in [7, 11) is 0. The third-order valence-electron chi connectivity index (χ3n) is 2.75. The van der Waals surface area contributed by atoms with Gasteiger partial charge in [0.1, 0.15) is 0 Å². The first kappa shape index (κ1) is 11.0. The van der Waals surface area contributed by atoms with Gasteiger partial charge in [0.2, 0.25) is 0 Å². The fraction of sp³-hybridized carbons (Fsp3) is 0.0769. The van der Waals surface area contributed by atoms with Crippen LogP contribution in [0.5, 0.6) is 0 Å². The van der Waals surface area contributed by atoms with Crippen molar-refractivity contribution in [3.63, 3.8) is 0 Å². The predicted molar refractivity (Wildman–Crippen MR) is 71.6 cm³/mol. The van der Waals surface area contributed by atoms with Crippen LogP contribution < -0.4 is 5.32 Å². The van der Waals surface area contributed by atoms with Gasteiger partial charge in [-0.15, -0.1) is 11.3 Å². The number of hydrogen-bond donors (Lipinski definition) is 2. The highest BCUT2D eigenvalue weighted by Gasteiger charge is 2.10. The molecule has 0 unspecified atom stereocenters. The van der Waals surface area contributed by atoms with Crippen molar-refractivity contribution in [2.24, 2.45) is 0 Å². The Morgan fingerprint density at radius 2 is 2.33 bits per heavy atom. The maximum Gasteiger partial charge on any atom is 0.253 e. The van der Waals surface area contributed by atoms with Gasteiger partial charge >= 0.3 is 0 Å². The van der Waals surface area contributed by atoms with Crippen LogP contribution in [0.3, 0.4) is 0 Å². The molecule has 0 aliphatic heterocycles. The molecule has 18 heavy (non-hydrogen) atoms. The Morgan fingerprint density at radius 1 is 1.39 bits per heavy atom. The number of fused-ring (bicyclic) bond motifs is 1. The van der Waals surface area contributed by atoms with Gasteiger partial charge in [-0.1, -0.05) is 12.1 Å². The molecule has 0 saturated carbocycles. The minimum Gasteiger partial charge on any atom is -0.361 e. The van der Waals surface area contributed by atoms with Crippen LogP contribution >= 0.6 is 11.3 Å². The van der Waals surface area contributed by atoms with Crippen molar-refractivity contribution in [3.05, 3.63) is 52.6 Å². The van der Waals surface area contributed by atoms with Gasteiger partial charge in [-0.3, -0.25) is 4.79 Å². The minimum absolute atomic E-state index is 0.0870. The highest BCUT2D eigenvalue weighted by atomic mass is 32.1. The van der Waals surface area contributed by atoms with Crippen LogP contribution in [-0.2, 0) is 6.54 Å². The fourth-order valence-corrected chi connectivity index (χ4v) is 2.42. The van der Waals surface area contributed by atoms with Crippen LogP contribution in [0.2, 0.25) is 0 Å². The van der Waals surface area contributed by atoms with Crippen LogP contribution in [-0.4, -0.2) is 15.9 Å². The summed E-state index contributed by atoms with van der Waals surface area (Å²) in [4.78, 5) is 19.3. The minimum atomic E-state index is -0.0870. The molecule has 0 saturated heterocycles. The summed E-state index contributed by atoms with van der Waals surface area (Å²) in [6.45, 7) is 0.458. The molecule has 0 atom stereocenters. The number of carbonyl (C=O) groups is 1. The Bertz CT molecular complexity index is 672. The predicted octanol–water partition coefficient (Wildman–Crippen LogP) is 2.55. The second-order valence-corrected chi connectivity index (χ2v) is 4.63. The molecule has 0 radical (unpaired) electrons. The molecule has 0 spiro atoms. The second kappa shape index (κ2) is 4.62. The standard InChI is InChI=1S/C13H11N3OS/c17-13(15-6-10-7-18-8-16-10)11-3-1-2-9-4-5-14-12(9)11/h1-5,7-8,14H,6H2,(H,15,17). The maximum absolute atomic E-state index is 12.1. The summed E-state index contributed by atoms with van der Waals surface area (Å²) < 4.78 is 0. The Balaban J connectivity index is 1.81. The lowest BCUT2D eigenvalue weighted by atomic mass is 10.1. The first-order valence-corrected chi connectivity index (χ1v) is 6.50. The van der Waals surface area contributed by atoms with Gasteiger partial charge in [-0.2, -0.15) is 0 Å². The number of para-hydroxylation sites is 1. The average Bonchev–Trinajstić information content (AvgIpc) is 3.05. The zero-order valence-electron chi connectivity index (χ0n) is 9.51. The number of H-pyrrole nitrogens is 1. The van der Waals surface area contributed by atoms with Gasteiger partial charge in [-0.05, 0) is 12.1 Å². The maximum atomic E-state index is 12.1. The Hall–Kier alpha value is -2.14. The van der Waals surface area contributed by atoms with E-state index in [1.807, 2.05) is 35.8 Å². The van der Waals surface area contributed by atoms with Crippen LogP contribution in [0.15, 0.2) is 41.4 Å². The van der Waals surface area contributed by atoms with Crippen molar-refractivity contribution in [2.45, 2.75) is 6.54 Å². The topological polar surface area (TPSA) is 57.8 Å². The number of amides is 1. The third kappa shape index (κ3) is 2.00. The molecule has 0 aliphatic carbocycles. The van der Waals surface area contributed by atoms with E-state index in [-0.39, 0.29) is 5.91 Å². The molecule has 1 aromatic carbocycles. The molecule has 1 amide bonds. The molecule has 3 aromatic rings. The van der Waals surface area contributed by atoms with Crippen molar-refractivity contribution in [1.29, 1.82) is 0 Å². The molecule has 0 aliphatic rings. The van der Waals surface area contributed by atoms with Crippen molar-refractivity contribution in [1.82, 2.24) is 15.3 Å². The summed E-state index contributed by atoms with van der Waals surface area (Å²) in [5.41, 5.74) is 4.17. The fourth-order valence-electron chi connectivity index (χ4n) is 1.87. The molecule has 0 bridgehead atoms. The van der Waals surface area contributed by atoms with Gasteiger partial charge in [-0.25, -0.2) is 4.98 Å². The van der Waals surface area contributed by atoms with Crippen LogP contribution in [0.4, 0.5) is 0 Å². The smallest absolute Gasteiger partial charge is 0.253 e. The second-order valence-electron chi connectivity index (χ2n) is 3.91.